The third-order valence-electron chi connectivity index (χ3n) is 2.55. The zero-order valence-electron chi connectivity index (χ0n) is 10.2. The maximum absolute atomic E-state index is 10.9. The second-order valence-electron chi connectivity index (χ2n) is 4.03. The van der Waals surface area contributed by atoms with Crippen LogP contribution in [-0.4, -0.2) is 12.5 Å². The SMILES string of the molecule is CCCCCCOc1ccc(C(N)=O)cc1N. The molecule has 0 heterocycles. The van der Waals surface area contributed by atoms with Crippen LogP contribution in [-0.2, 0) is 0 Å². The number of carbonyl (C=O) groups is 1. The Morgan fingerprint density at radius 1 is 1.29 bits per heavy atom. The van der Waals surface area contributed by atoms with Gasteiger partial charge in [0.2, 0.25) is 5.91 Å². The molecule has 0 radical (unpaired) electrons. The molecule has 0 aromatic heterocycles. The summed E-state index contributed by atoms with van der Waals surface area (Å²) in [6, 6.07) is 4.86. The molecule has 0 aliphatic heterocycles. The molecule has 0 fully saturated rings. The van der Waals surface area contributed by atoms with E-state index in [1.54, 1.807) is 18.2 Å². The van der Waals surface area contributed by atoms with Gasteiger partial charge in [-0.05, 0) is 24.6 Å². The molecule has 17 heavy (non-hydrogen) atoms. The number of anilines is 1. The summed E-state index contributed by atoms with van der Waals surface area (Å²) in [7, 11) is 0. The lowest BCUT2D eigenvalue weighted by Gasteiger charge is -2.09. The minimum Gasteiger partial charge on any atom is -0.491 e. The van der Waals surface area contributed by atoms with Gasteiger partial charge in [-0.2, -0.15) is 0 Å². The molecule has 0 unspecified atom stereocenters. The van der Waals surface area contributed by atoms with Crippen molar-refractivity contribution in [3.63, 3.8) is 0 Å². The van der Waals surface area contributed by atoms with E-state index in [1.807, 2.05) is 0 Å². The summed E-state index contributed by atoms with van der Waals surface area (Å²) < 4.78 is 5.54. The lowest BCUT2D eigenvalue weighted by molar-refractivity contribution is 0.100. The number of hydrogen-bond donors (Lipinski definition) is 2. The van der Waals surface area contributed by atoms with Crippen LogP contribution in [0.5, 0.6) is 5.75 Å². The van der Waals surface area contributed by atoms with Crippen molar-refractivity contribution in [2.24, 2.45) is 5.73 Å². The second kappa shape index (κ2) is 6.78. The first-order valence-electron chi connectivity index (χ1n) is 5.97. The van der Waals surface area contributed by atoms with Gasteiger partial charge in [-0.3, -0.25) is 4.79 Å². The zero-order chi connectivity index (χ0) is 12.7. The predicted molar refractivity (Wildman–Crippen MR) is 69.0 cm³/mol. The number of nitrogens with two attached hydrogens (primary N) is 2. The fourth-order valence-corrected chi connectivity index (χ4v) is 1.54. The Morgan fingerprint density at radius 2 is 2.06 bits per heavy atom. The molecule has 94 valence electrons. The molecule has 4 heteroatoms. The molecule has 0 aliphatic rings. The van der Waals surface area contributed by atoms with E-state index in [-0.39, 0.29) is 0 Å². The first-order chi connectivity index (χ1) is 8.15. The van der Waals surface area contributed by atoms with Gasteiger partial charge in [-0.1, -0.05) is 26.2 Å². The lowest BCUT2D eigenvalue weighted by Crippen LogP contribution is -2.11. The van der Waals surface area contributed by atoms with Crippen molar-refractivity contribution in [1.82, 2.24) is 0 Å². The third kappa shape index (κ3) is 4.34. The topological polar surface area (TPSA) is 78.3 Å². The van der Waals surface area contributed by atoms with E-state index in [0.717, 1.165) is 12.8 Å². The lowest BCUT2D eigenvalue weighted by atomic mass is 10.2. The average Bonchev–Trinajstić information content (AvgIpc) is 2.30. The number of unbranched alkanes of at least 4 members (excludes halogenated alkanes) is 3. The predicted octanol–water partition coefficient (Wildman–Crippen LogP) is 2.33. The Bertz CT molecular complexity index is 378. The largest absolute Gasteiger partial charge is 0.491 e. The number of primary amides is 1. The van der Waals surface area contributed by atoms with Crippen LogP contribution >= 0.6 is 0 Å². The minimum atomic E-state index is -0.480. The van der Waals surface area contributed by atoms with Crippen molar-refractivity contribution < 1.29 is 9.53 Å². The summed E-state index contributed by atoms with van der Waals surface area (Å²) in [5, 5.41) is 0. The van der Waals surface area contributed by atoms with E-state index in [0.29, 0.717) is 23.6 Å². The van der Waals surface area contributed by atoms with Gasteiger partial charge in [0.25, 0.3) is 0 Å². The molecule has 1 rings (SSSR count). The highest BCUT2D eigenvalue weighted by Crippen LogP contribution is 2.22. The van der Waals surface area contributed by atoms with Gasteiger partial charge in [0, 0.05) is 5.56 Å². The van der Waals surface area contributed by atoms with E-state index in [1.165, 1.54) is 12.8 Å². The first-order valence-corrected chi connectivity index (χ1v) is 5.97. The van der Waals surface area contributed by atoms with Gasteiger partial charge in [0.05, 0.1) is 12.3 Å². The maximum Gasteiger partial charge on any atom is 0.248 e. The number of benzene rings is 1. The number of nitrogen functional groups attached to an aromatic ring is 1. The zero-order valence-corrected chi connectivity index (χ0v) is 10.2. The van der Waals surface area contributed by atoms with Gasteiger partial charge in [0.15, 0.2) is 0 Å². The highest BCUT2D eigenvalue weighted by molar-refractivity contribution is 5.94. The third-order valence-corrected chi connectivity index (χ3v) is 2.55. The smallest absolute Gasteiger partial charge is 0.248 e. The van der Waals surface area contributed by atoms with Crippen molar-refractivity contribution in [3.8, 4) is 5.75 Å². The Kier molecular flexibility index (Phi) is 5.33. The first kappa shape index (κ1) is 13.4. The van der Waals surface area contributed by atoms with Crippen molar-refractivity contribution >= 4 is 11.6 Å². The molecule has 4 N–H and O–H groups in total. The molecule has 1 aromatic rings. The molecule has 0 saturated heterocycles. The van der Waals surface area contributed by atoms with Crippen LogP contribution in [0.2, 0.25) is 0 Å². The Hall–Kier alpha value is -1.71. The maximum atomic E-state index is 10.9. The van der Waals surface area contributed by atoms with Crippen LogP contribution in [0.3, 0.4) is 0 Å². The van der Waals surface area contributed by atoms with E-state index in [9.17, 15) is 4.79 Å². The molecular formula is C13H20N2O2. The highest BCUT2D eigenvalue weighted by atomic mass is 16.5. The Labute approximate surface area is 102 Å². The summed E-state index contributed by atoms with van der Waals surface area (Å²) in [6.45, 7) is 2.82. The fraction of sp³-hybridized carbons (Fsp3) is 0.462. The summed E-state index contributed by atoms with van der Waals surface area (Å²) in [5.41, 5.74) is 11.8. The molecule has 0 spiro atoms. The molecule has 0 aliphatic carbocycles. The van der Waals surface area contributed by atoms with Crippen LogP contribution in [0.15, 0.2) is 18.2 Å². The fourth-order valence-electron chi connectivity index (χ4n) is 1.54. The summed E-state index contributed by atoms with van der Waals surface area (Å²) in [5.74, 6) is 0.137. The van der Waals surface area contributed by atoms with Gasteiger partial charge in [-0.25, -0.2) is 0 Å². The van der Waals surface area contributed by atoms with Crippen LogP contribution in [0.25, 0.3) is 0 Å². The van der Waals surface area contributed by atoms with E-state index in [4.69, 9.17) is 16.2 Å². The quantitative estimate of drug-likeness (QED) is 0.563. The van der Waals surface area contributed by atoms with Crippen LogP contribution in [0.4, 0.5) is 5.69 Å². The molecule has 4 nitrogen and oxygen atoms in total. The Morgan fingerprint density at radius 3 is 2.65 bits per heavy atom. The molecule has 1 amide bonds. The normalized spacial score (nSPS) is 10.2. The van der Waals surface area contributed by atoms with Gasteiger partial charge < -0.3 is 16.2 Å². The highest BCUT2D eigenvalue weighted by Gasteiger charge is 2.05. The van der Waals surface area contributed by atoms with Crippen LogP contribution in [0, 0.1) is 0 Å². The van der Waals surface area contributed by atoms with E-state index in [2.05, 4.69) is 6.92 Å². The van der Waals surface area contributed by atoms with Crippen molar-refractivity contribution in [2.45, 2.75) is 32.6 Å². The van der Waals surface area contributed by atoms with Crippen molar-refractivity contribution in [3.05, 3.63) is 23.8 Å². The molecular weight excluding hydrogens is 216 g/mol. The van der Waals surface area contributed by atoms with Crippen molar-refractivity contribution in [1.29, 1.82) is 0 Å². The minimum absolute atomic E-state index is 0.404. The van der Waals surface area contributed by atoms with Crippen molar-refractivity contribution in [2.75, 3.05) is 12.3 Å². The monoisotopic (exact) mass is 236 g/mol. The summed E-state index contributed by atoms with van der Waals surface area (Å²) in [4.78, 5) is 10.9. The second-order valence-corrected chi connectivity index (χ2v) is 4.03. The number of rotatable bonds is 7. The number of carbonyl (C=O) groups excluding carboxylic acids is 1. The van der Waals surface area contributed by atoms with Gasteiger partial charge in [0.1, 0.15) is 5.75 Å². The van der Waals surface area contributed by atoms with Crippen LogP contribution in [0.1, 0.15) is 43.0 Å². The summed E-state index contributed by atoms with van der Waals surface area (Å²) >= 11 is 0. The molecule has 0 atom stereocenters. The van der Waals surface area contributed by atoms with Gasteiger partial charge in [-0.15, -0.1) is 0 Å². The molecule has 0 saturated carbocycles. The molecule has 0 bridgehead atoms. The standard InChI is InChI=1S/C13H20N2O2/c1-2-3-4-5-8-17-12-7-6-10(13(15)16)9-11(12)14/h6-7,9H,2-5,8,14H2,1H3,(H2,15,16). The average molecular weight is 236 g/mol. The van der Waals surface area contributed by atoms with E-state index >= 15 is 0 Å². The summed E-state index contributed by atoms with van der Waals surface area (Å²) in [6.07, 6.45) is 4.61. The van der Waals surface area contributed by atoms with Crippen LogP contribution < -0.4 is 16.2 Å². The number of amides is 1. The Balaban J connectivity index is 2.46. The van der Waals surface area contributed by atoms with E-state index < -0.39 is 5.91 Å². The number of ether oxygens (including phenoxy) is 1. The molecule has 1 aromatic carbocycles. The van der Waals surface area contributed by atoms with Gasteiger partial charge >= 0.3 is 0 Å². The number of hydrogen-bond acceptors (Lipinski definition) is 3.